The lowest BCUT2D eigenvalue weighted by Crippen LogP contribution is -2.30. The van der Waals surface area contributed by atoms with Crippen LogP contribution in [0.3, 0.4) is 0 Å². The van der Waals surface area contributed by atoms with Gasteiger partial charge in [0.15, 0.2) is 23.4 Å². The van der Waals surface area contributed by atoms with Crippen molar-refractivity contribution in [2.75, 3.05) is 18.5 Å². The van der Waals surface area contributed by atoms with Crippen LogP contribution in [0.1, 0.15) is 30.1 Å². The van der Waals surface area contributed by atoms with Crippen molar-refractivity contribution < 1.29 is 33.5 Å². The summed E-state index contributed by atoms with van der Waals surface area (Å²) in [5.74, 6) is -0.719. The van der Waals surface area contributed by atoms with Gasteiger partial charge in [-0.1, -0.05) is 12.1 Å². The minimum Gasteiger partial charge on any atom is -0.486 e. The van der Waals surface area contributed by atoms with Crippen molar-refractivity contribution in [3.63, 3.8) is 0 Å². The quantitative estimate of drug-likeness (QED) is 0.294. The molecule has 2 aromatic carbocycles. The van der Waals surface area contributed by atoms with Gasteiger partial charge in [0.1, 0.15) is 18.9 Å². The number of rotatable bonds is 8. The summed E-state index contributed by atoms with van der Waals surface area (Å²) in [5, 5.41) is 13.4. The monoisotopic (exact) mass is 428 g/mol. The van der Waals surface area contributed by atoms with E-state index in [1.807, 2.05) is 0 Å². The molecule has 1 heterocycles. The van der Waals surface area contributed by atoms with Gasteiger partial charge in [0.05, 0.1) is 11.3 Å². The van der Waals surface area contributed by atoms with E-state index in [1.165, 1.54) is 31.2 Å². The van der Waals surface area contributed by atoms with Gasteiger partial charge in [-0.3, -0.25) is 24.5 Å². The number of hydrogen-bond acceptors (Lipinski definition) is 8. The average Bonchev–Trinajstić information content (AvgIpc) is 2.77. The van der Waals surface area contributed by atoms with Crippen molar-refractivity contribution >= 4 is 29.0 Å². The SMILES string of the molecule is CC(OC(=O)CCC(=O)c1ccc2c(c1)OCCO2)C(=O)Nc1ccccc1[N+](=O)[O-]. The molecule has 2 aromatic rings. The number of Topliss-reactive ketones (excluding diaryl/α,β-unsaturated/α-hetero) is 1. The molecule has 1 atom stereocenters. The van der Waals surface area contributed by atoms with Crippen LogP contribution >= 0.6 is 0 Å². The summed E-state index contributed by atoms with van der Waals surface area (Å²) in [6.07, 6.45) is -1.54. The summed E-state index contributed by atoms with van der Waals surface area (Å²) in [7, 11) is 0. The first-order chi connectivity index (χ1) is 14.8. The number of hydrogen-bond donors (Lipinski definition) is 1. The number of amides is 1. The minimum atomic E-state index is -1.20. The fourth-order valence-electron chi connectivity index (χ4n) is 2.86. The molecule has 1 N–H and O–H groups in total. The van der Waals surface area contributed by atoms with Gasteiger partial charge in [0.25, 0.3) is 11.6 Å². The van der Waals surface area contributed by atoms with Gasteiger partial charge in [-0.05, 0) is 31.2 Å². The summed E-state index contributed by atoms with van der Waals surface area (Å²) in [4.78, 5) is 47.0. The maximum absolute atomic E-state index is 12.3. The van der Waals surface area contributed by atoms with Crippen LogP contribution in [-0.4, -0.2) is 41.9 Å². The lowest BCUT2D eigenvalue weighted by molar-refractivity contribution is -0.383. The van der Waals surface area contributed by atoms with Crippen molar-refractivity contribution in [1.82, 2.24) is 0 Å². The number of nitrogens with one attached hydrogen (secondary N) is 1. The van der Waals surface area contributed by atoms with E-state index in [2.05, 4.69) is 5.32 Å². The minimum absolute atomic E-state index is 0.00538. The van der Waals surface area contributed by atoms with E-state index in [9.17, 15) is 24.5 Å². The third kappa shape index (κ3) is 5.56. The lowest BCUT2D eigenvalue weighted by Gasteiger charge is -2.18. The second kappa shape index (κ2) is 9.70. The number of esters is 1. The van der Waals surface area contributed by atoms with Gasteiger partial charge in [-0.2, -0.15) is 0 Å². The molecule has 1 amide bonds. The van der Waals surface area contributed by atoms with Crippen LogP contribution < -0.4 is 14.8 Å². The summed E-state index contributed by atoms with van der Waals surface area (Å²) >= 11 is 0. The summed E-state index contributed by atoms with van der Waals surface area (Å²) in [5.41, 5.74) is 0.0906. The predicted octanol–water partition coefficient (Wildman–Crippen LogP) is 2.90. The Morgan fingerprint density at radius 3 is 2.55 bits per heavy atom. The number of fused-ring (bicyclic) bond motifs is 1. The molecule has 0 bridgehead atoms. The zero-order valence-electron chi connectivity index (χ0n) is 16.7. The van der Waals surface area contributed by atoms with Gasteiger partial charge in [-0.25, -0.2) is 0 Å². The molecule has 162 valence electrons. The number of ketones is 1. The van der Waals surface area contributed by atoms with Crippen molar-refractivity contribution in [3.05, 3.63) is 58.1 Å². The first-order valence-electron chi connectivity index (χ1n) is 9.52. The lowest BCUT2D eigenvalue weighted by atomic mass is 10.1. The van der Waals surface area contributed by atoms with Gasteiger partial charge < -0.3 is 19.5 Å². The highest BCUT2D eigenvalue weighted by molar-refractivity contribution is 5.99. The first kappa shape index (κ1) is 21.8. The van der Waals surface area contributed by atoms with E-state index < -0.39 is 22.9 Å². The van der Waals surface area contributed by atoms with Gasteiger partial charge in [0.2, 0.25) is 0 Å². The molecule has 10 heteroatoms. The molecule has 0 radical (unpaired) electrons. The predicted molar refractivity (Wildman–Crippen MR) is 108 cm³/mol. The Balaban J connectivity index is 1.50. The van der Waals surface area contributed by atoms with Crippen LogP contribution in [0.25, 0.3) is 0 Å². The largest absolute Gasteiger partial charge is 0.486 e. The van der Waals surface area contributed by atoms with E-state index in [4.69, 9.17) is 14.2 Å². The number of nitro groups is 1. The topological polar surface area (TPSA) is 134 Å². The van der Waals surface area contributed by atoms with Crippen LogP contribution in [0, 0.1) is 10.1 Å². The molecule has 1 aliphatic rings. The smallest absolute Gasteiger partial charge is 0.307 e. The van der Waals surface area contributed by atoms with Gasteiger partial charge in [-0.15, -0.1) is 0 Å². The van der Waals surface area contributed by atoms with Crippen LogP contribution in [0.2, 0.25) is 0 Å². The normalized spacial score (nSPS) is 13.1. The maximum Gasteiger partial charge on any atom is 0.307 e. The van der Waals surface area contributed by atoms with Crippen molar-refractivity contribution in [1.29, 1.82) is 0 Å². The molecule has 0 saturated heterocycles. The van der Waals surface area contributed by atoms with E-state index >= 15 is 0 Å². The first-order valence-corrected chi connectivity index (χ1v) is 9.52. The highest BCUT2D eigenvalue weighted by Gasteiger charge is 2.22. The van der Waals surface area contributed by atoms with Gasteiger partial charge >= 0.3 is 5.97 Å². The Kier molecular flexibility index (Phi) is 6.81. The fourth-order valence-corrected chi connectivity index (χ4v) is 2.86. The van der Waals surface area contributed by atoms with Crippen LogP contribution in [-0.2, 0) is 14.3 Å². The third-order valence-electron chi connectivity index (χ3n) is 4.46. The molecule has 31 heavy (non-hydrogen) atoms. The Bertz CT molecular complexity index is 1020. The van der Waals surface area contributed by atoms with Crippen molar-refractivity contribution in [2.24, 2.45) is 0 Å². The highest BCUT2D eigenvalue weighted by atomic mass is 16.6. The van der Waals surface area contributed by atoms with E-state index in [1.54, 1.807) is 18.2 Å². The number of ether oxygens (including phenoxy) is 3. The van der Waals surface area contributed by atoms with E-state index in [0.717, 1.165) is 0 Å². The second-order valence-electron chi connectivity index (χ2n) is 6.68. The number of anilines is 1. The molecule has 0 spiro atoms. The van der Waals surface area contributed by atoms with E-state index in [0.29, 0.717) is 30.3 Å². The molecular weight excluding hydrogens is 408 g/mol. The summed E-state index contributed by atoms with van der Waals surface area (Å²) in [6.45, 7) is 2.17. The van der Waals surface area contributed by atoms with Crippen molar-refractivity contribution in [2.45, 2.75) is 25.9 Å². The fraction of sp³-hybridized carbons (Fsp3) is 0.286. The summed E-state index contributed by atoms with van der Waals surface area (Å²) < 4.78 is 15.9. The molecule has 0 saturated carbocycles. The Morgan fingerprint density at radius 1 is 1.10 bits per heavy atom. The molecule has 1 unspecified atom stereocenters. The van der Waals surface area contributed by atoms with E-state index in [-0.39, 0.29) is 30.0 Å². The number of benzene rings is 2. The van der Waals surface area contributed by atoms with Crippen LogP contribution in [0.15, 0.2) is 42.5 Å². The Hall–Kier alpha value is -3.95. The number of nitro benzene ring substituents is 1. The molecule has 0 fully saturated rings. The molecular formula is C21H20N2O8. The van der Waals surface area contributed by atoms with Crippen LogP contribution in [0.4, 0.5) is 11.4 Å². The molecule has 0 aliphatic carbocycles. The molecule has 0 aromatic heterocycles. The van der Waals surface area contributed by atoms with Gasteiger partial charge in [0, 0.05) is 18.1 Å². The standard InChI is InChI=1S/C21H20N2O8/c1-13(21(26)22-15-4-2-3-5-16(15)23(27)28)31-20(25)9-7-17(24)14-6-8-18-19(12-14)30-11-10-29-18/h2-6,8,12-13H,7,9-11H2,1H3,(H,22,26). The number of carbonyl (C=O) groups is 3. The van der Waals surface area contributed by atoms with Crippen molar-refractivity contribution in [3.8, 4) is 11.5 Å². The molecule has 3 rings (SSSR count). The van der Waals surface area contributed by atoms with Crippen LogP contribution in [0.5, 0.6) is 11.5 Å². The molecule has 10 nitrogen and oxygen atoms in total. The number of carbonyl (C=O) groups excluding carboxylic acids is 3. The number of nitrogens with zero attached hydrogens (tertiary/aromatic N) is 1. The summed E-state index contributed by atoms with van der Waals surface area (Å²) in [6, 6.07) is 10.4. The zero-order chi connectivity index (χ0) is 22.4. The Morgan fingerprint density at radius 2 is 1.81 bits per heavy atom. The maximum atomic E-state index is 12.3. The zero-order valence-corrected chi connectivity index (χ0v) is 16.7. The third-order valence-corrected chi connectivity index (χ3v) is 4.46. The average molecular weight is 428 g/mol. The highest BCUT2D eigenvalue weighted by Crippen LogP contribution is 2.31. The molecule has 1 aliphatic heterocycles. The second-order valence-corrected chi connectivity index (χ2v) is 6.68. The Labute approximate surface area is 177 Å². The number of para-hydroxylation sites is 2.